The minimum atomic E-state index is -0.214. The van der Waals surface area contributed by atoms with Crippen molar-refractivity contribution >= 4 is 17.4 Å². The highest BCUT2D eigenvalue weighted by molar-refractivity contribution is 5.90. The molecular formula is C25H27N3O. The van der Waals surface area contributed by atoms with E-state index in [0.717, 1.165) is 29.9 Å². The number of benzene rings is 3. The Hall–Kier alpha value is -3.27. The number of nitrogens with one attached hydrogen (secondary N) is 2. The summed E-state index contributed by atoms with van der Waals surface area (Å²) in [6, 6.07) is 27.8. The number of urea groups is 1. The van der Waals surface area contributed by atoms with Crippen molar-refractivity contribution in [3.05, 3.63) is 96.1 Å². The second kappa shape index (κ2) is 9.28. The topological polar surface area (TPSA) is 44.4 Å². The first kappa shape index (κ1) is 19.1. The summed E-state index contributed by atoms with van der Waals surface area (Å²) in [6.45, 7) is 2.23. The molecule has 3 aromatic carbocycles. The third-order valence-corrected chi connectivity index (χ3v) is 5.39. The molecule has 4 rings (SSSR count). The lowest BCUT2D eigenvalue weighted by molar-refractivity contribution is 0.250. The molecule has 1 aliphatic rings. The third-order valence-electron chi connectivity index (χ3n) is 5.39. The van der Waals surface area contributed by atoms with Gasteiger partial charge in [-0.1, -0.05) is 60.7 Å². The predicted molar refractivity (Wildman–Crippen MR) is 119 cm³/mol. The van der Waals surface area contributed by atoms with Gasteiger partial charge in [0.1, 0.15) is 0 Å². The molecule has 29 heavy (non-hydrogen) atoms. The molecule has 148 valence electrons. The van der Waals surface area contributed by atoms with Gasteiger partial charge in [-0.2, -0.15) is 0 Å². The van der Waals surface area contributed by atoms with E-state index in [1.807, 2.05) is 72.8 Å². The van der Waals surface area contributed by atoms with Gasteiger partial charge in [0.2, 0.25) is 0 Å². The number of anilines is 2. The van der Waals surface area contributed by atoms with Crippen LogP contribution >= 0.6 is 0 Å². The maximum absolute atomic E-state index is 12.7. The Morgan fingerprint density at radius 3 is 1.83 bits per heavy atom. The number of nitrogens with zero attached hydrogens (tertiary/aromatic N) is 1. The van der Waals surface area contributed by atoms with Gasteiger partial charge < -0.3 is 15.5 Å². The molecule has 4 heteroatoms. The lowest BCUT2D eigenvalue weighted by Crippen LogP contribution is -2.33. The molecule has 0 spiro atoms. The lowest BCUT2D eigenvalue weighted by Gasteiger charge is -2.28. The van der Waals surface area contributed by atoms with Crippen LogP contribution in [-0.2, 0) is 0 Å². The summed E-state index contributed by atoms with van der Waals surface area (Å²) in [6.07, 6.45) is 3.83. The van der Waals surface area contributed by atoms with Crippen molar-refractivity contribution in [3.8, 4) is 0 Å². The molecule has 1 fully saturated rings. The standard InChI is InChI=1S/C25H27N3O/c29-25(26-22-14-16-23(17-15-22)28-18-8-3-9-19-28)27-24(20-10-4-1-5-11-20)21-12-6-2-7-13-21/h1-2,4-7,10-17,24H,3,8-9,18-19H2,(H2,26,27,29). The Morgan fingerprint density at radius 1 is 0.724 bits per heavy atom. The van der Waals surface area contributed by atoms with Crippen LogP contribution in [0.1, 0.15) is 36.4 Å². The van der Waals surface area contributed by atoms with E-state index in [2.05, 4.69) is 27.7 Å². The van der Waals surface area contributed by atoms with Crippen LogP contribution in [0, 0.1) is 0 Å². The second-order valence-electron chi connectivity index (χ2n) is 7.45. The molecule has 3 aromatic rings. The highest BCUT2D eigenvalue weighted by Crippen LogP contribution is 2.23. The summed E-state index contributed by atoms with van der Waals surface area (Å²) in [5.74, 6) is 0. The van der Waals surface area contributed by atoms with Crippen molar-refractivity contribution in [1.29, 1.82) is 0 Å². The van der Waals surface area contributed by atoms with Crippen LogP contribution in [0.4, 0.5) is 16.2 Å². The van der Waals surface area contributed by atoms with E-state index in [9.17, 15) is 4.79 Å². The maximum atomic E-state index is 12.7. The summed E-state index contributed by atoms with van der Waals surface area (Å²) >= 11 is 0. The summed E-state index contributed by atoms with van der Waals surface area (Å²) in [4.78, 5) is 15.1. The van der Waals surface area contributed by atoms with Crippen molar-refractivity contribution < 1.29 is 4.79 Å². The fourth-order valence-corrected chi connectivity index (χ4v) is 3.86. The van der Waals surface area contributed by atoms with Gasteiger partial charge in [-0.3, -0.25) is 0 Å². The van der Waals surface area contributed by atoms with E-state index in [1.54, 1.807) is 0 Å². The van der Waals surface area contributed by atoms with E-state index in [0.29, 0.717) is 0 Å². The monoisotopic (exact) mass is 385 g/mol. The molecule has 0 radical (unpaired) electrons. The van der Waals surface area contributed by atoms with Crippen LogP contribution in [0.3, 0.4) is 0 Å². The average molecular weight is 386 g/mol. The highest BCUT2D eigenvalue weighted by atomic mass is 16.2. The summed E-state index contributed by atoms with van der Waals surface area (Å²) in [5, 5.41) is 6.09. The number of rotatable bonds is 5. The summed E-state index contributed by atoms with van der Waals surface area (Å²) in [5.41, 5.74) is 4.12. The number of piperidine rings is 1. The zero-order valence-corrected chi connectivity index (χ0v) is 16.6. The van der Waals surface area contributed by atoms with E-state index in [1.165, 1.54) is 24.9 Å². The molecule has 2 amide bonds. The van der Waals surface area contributed by atoms with Crippen LogP contribution in [0.25, 0.3) is 0 Å². The first-order valence-corrected chi connectivity index (χ1v) is 10.3. The van der Waals surface area contributed by atoms with E-state index < -0.39 is 0 Å². The quantitative estimate of drug-likeness (QED) is 0.601. The normalized spacial score (nSPS) is 13.9. The maximum Gasteiger partial charge on any atom is 0.319 e. The van der Waals surface area contributed by atoms with Gasteiger partial charge in [-0.15, -0.1) is 0 Å². The van der Waals surface area contributed by atoms with Crippen molar-refractivity contribution in [2.24, 2.45) is 0 Å². The number of hydrogen-bond acceptors (Lipinski definition) is 2. The largest absolute Gasteiger partial charge is 0.372 e. The Balaban J connectivity index is 1.44. The molecule has 0 bridgehead atoms. The first-order valence-electron chi connectivity index (χ1n) is 10.3. The Labute approximate surface area is 172 Å². The second-order valence-corrected chi connectivity index (χ2v) is 7.45. The third kappa shape index (κ3) is 4.96. The van der Waals surface area contributed by atoms with Crippen molar-refractivity contribution in [3.63, 3.8) is 0 Å². The summed E-state index contributed by atoms with van der Waals surface area (Å²) < 4.78 is 0. The fourth-order valence-electron chi connectivity index (χ4n) is 3.86. The van der Waals surface area contributed by atoms with Crippen molar-refractivity contribution in [1.82, 2.24) is 5.32 Å². The number of amides is 2. The van der Waals surface area contributed by atoms with Gasteiger partial charge in [-0.25, -0.2) is 4.79 Å². The van der Waals surface area contributed by atoms with Crippen LogP contribution < -0.4 is 15.5 Å². The molecule has 1 aliphatic heterocycles. The molecule has 0 atom stereocenters. The van der Waals surface area contributed by atoms with E-state index in [-0.39, 0.29) is 12.1 Å². The molecule has 0 unspecified atom stereocenters. The van der Waals surface area contributed by atoms with Gasteiger partial charge in [0.15, 0.2) is 0 Å². The SMILES string of the molecule is O=C(Nc1ccc(N2CCCCC2)cc1)NC(c1ccccc1)c1ccccc1. The van der Waals surface area contributed by atoms with Crippen LogP contribution in [0.5, 0.6) is 0 Å². The minimum Gasteiger partial charge on any atom is -0.372 e. The smallest absolute Gasteiger partial charge is 0.319 e. The molecule has 0 saturated carbocycles. The van der Waals surface area contributed by atoms with Gasteiger partial charge in [0.25, 0.3) is 0 Å². The van der Waals surface area contributed by atoms with Crippen LogP contribution in [0.2, 0.25) is 0 Å². The summed E-state index contributed by atoms with van der Waals surface area (Å²) in [7, 11) is 0. The van der Waals surface area contributed by atoms with Crippen LogP contribution in [0.15, 0.2) is 84.9 Å². The number of hydrogen-bond donors (Lipinski definition) is 2. The van der Waals surface area contributed by atoms with Crippen LogP contribution in [-0.4, -0.2) is 19.1 Å². The van der Waals surface area contributed by atoms with Gasteiger partial charge in [-0.05, 0) is 54.7 Å². The number of carbonyl (C=O) groups excluding carboxylic acids is 1. The van der Waals surface area contributed by atoms with Gasteiger partial charge in [0.05, 0.1) is 6.04 Å². The minimum absolute atomic E-state index is 0.204. The van der Waals surface area contributed by atoms with Gasteiger partial charge >= 0.3 is 6.03 Å². The molecule has 0 aliphatic carbocycles. The first-order chi connectivity index (χ1) is 14.3. The predicted octanol–water partition coefficient (Wildman–Crippen LogP) is 5.59. The van der Waals surface area contributed by atoms with Gasteiger partial charge in [0, 0.05) is 24.5 Å². The zero-order chi connectivity index (χ0) is 19.9. The molecule has 0 aromatic heterocycles. The number of carbonyl (C=O) groups is 1. The molecule has 4 nitrogen and oxygen atoms in total. The van der Waals surface area contributed by atoms with Crippen molar-refractivity contribution in [2.45, 2.75) is 25.3 Å². The van der Waals surface area contributed by atoms with Crippen molar-refractivity contribution in [2.75, 3.05) is 23.3 Å². The molecular weight excluding hydrogens is 358 g/mol. The van der Waals surface area contributed by atoms with E-state index >= 15 is 0 Å². The lowest BCUT2D eigenvalue weighted by atomic mass is 9.99. The Bertz CT molecular complexity index is 864. The van der Waals surface area contributed by atoms with E-state index in [4.69, 9.17) is 0 Å². The average Bonchev–Trinajstić information content (AvgIpc) is 2.80. The zero-order valence-electron chi connectivity index (χ0n) is 16.6. The Kier molecular flexibility index (Phi) is 6.10. The molecule has 1 heterocycles. The highest BCUT2D eigenvalue weighted by Gasteiger charge is 2.17. The fraction of sp³-hybridized carbons (Fsp3) is 0.240. The Morgan fingerprint density at radius 2 is 1.28 bits per heavy atom. The molecule has 2 N–H and O–H groups in total. The molecule has 1 saturated heterocycles.